The first kappa shape index (κ1) is 12.6. The van der Waals surface area contributed by atoms with Gasteiger partial charge in [-0.15, -0.1) is 5.10 Å². The van der Waals surface area contributed by atoms with Crippen LogP contribution in [0.4, 0.5) is 5.95 Å². The topological polar surface area (TPSA) is 50.7 Å². The van der Waals surface area contributed by atoms with E-state index in [1.807, 2.05) is 11.8 Å². The standard InChI is InChI=1S/C12H20N4S/c1-3-10-11(4-2)15-16-12(14-10)13-9-5-7-17-8-6-9/h9H,3-8H2,1-2H3,(H,13,14,16). The third-order valence-electron chi connectivity index (χ3n) is 3.06. The molecule has 17 heavy (non-hydrogen) atoms. The Morgan fingerprint density at radius 1 is 1.12 bits per heavy atom. The first-order chi connectivity index (χ1) is 8.33. The van der Waals surface area contributed by atoms with Gasteiger partial charge in [0, 0.05) is 6.04 Å². The van der Waals surface area contributed by atoms with Crippen LogP contribution in [0.2, 0.25) is 0 Å². The van der Waals surface area contributed by atoms with Crippen molar-refractivity contribution in [2.45, 2.75) is 45.6 Å². The third kappa shape index (κ3) is 3.31. The summed E-state index contributed by atoms with van der Waals surface area (Å²) in [5, 5.41) is 11.8. The number of anilines is 1. The van der Waals surface area contributed by atoms with Crippen LogP contribution in [0.15, 0.2) is 0 Å². The van der Waals surface area contributed by atoms with Gasteiger partial charge < -0.3 is 5.32 Å². The van der Waals surface area contributed by atoms with Crippen LogP contribution in [0, 0.1) is 0 Å². The molecule has 94 valence electrons. The van der Waals surface area contributed by atoms with E-state index >= 15 is 0 Å². The second-order valence-corrected chi connectivity index (χ2v) is 5.49. The molecule has 0 unspecified atom stereocenters. The highest BCUT2D eigenvalue weighted by atomic mass is 32.2. The molecule has 0 saturated carbocycles. The molecule has 1 aliphatic heterocycles. The number of hydrogen-bond acceptors (Lipinski definition) is 5. The van der Waals surface area contributed by atoms with Gasteiger partial charge in [0.2, 0.25) is 5.95 Å². The van der Waals surface area contributed by atoms with Crippen molar-refractivity contribution in [1.29, 1.82) is 0 Å². The molecular weight excluding hydrogens is 232 g/mol. The average Bonchev–Trinajstić information content (AvgIpc) is 2.40. The van der Waals surface area contributed by atoms with Crippen molar-refractivity contribution in [3.8, 4) is 0 Å². The summed E-state index contributed by atoms with van der Waals surface area (Å²) in [5.41, 5.74) is 2.10. The Hall–Kier alpha value is -0.840. The van der Waals surface area contributed by atoms with Crippen LogP contribution in [-0.4, -0.2) is 32.7 Å². The summed E-state index contributed by atoms with van der Waals surface area (Å²) in [6, 6.07) is 0.523. The first-order valence-corrected chi connectivity index (χ1v) is 7.55. The van der Waals surface area contributed by atoms with Crippen molar-refractivity contribution in [1.82, 2.24) is 15.2 Å². The van der Waals surface area contributed by atoms with Crippen LogP contribution < -0.4 is 5.32 Å². The van der Waals surface area contributed by atoms with Crippen LogP contribution in [-0.2, 0) is 12.8 Å². The van der Waals surface area contributed by atoms with E-state index in [0.29, 0.717) is 12.0 Å². The zero-order chi connectivity index (χ0) is 12.1. The Balaban J connectivity index is 2.05. The highest BCUT2D eigenvalue weighted by Gasteiger charge is 2.15. The van der Waals surface area contributed by atoms with Crippen molar-refractivity contribution < 1.29 is 0 Å². The van der Waals surface area contributed by atoms with Gasteiger partial charge in [-0.25, -0.2) is 4.98 Å². The molecule has 2 heterocycles. The van der Waals surface area contributed by atoms with Gasteiger partial charge in [0.05, 0.1) is 11.4 Å². The number of hydrogen-bond donors (Lipinski definition) is 1. The second-order valence-electron chi connectivity index (χ2n) is 4.27. The number of nitrogens with zero attached hydrogens (tertiary/aromatic N) is 3. The van der Waals surface area contributed by atoms with Gasteiger partial charge in [0.15, 0.2) is 0 Å². The lowest BCUT2D eigenvalue weighted by Gasteiger charge is -2.22. The quantitative estimate of drug-likeness (QED) is 0.891. The van der Waals surface area contributed by atoms with E-state index in [4.69, 9.17) is 0 Å². The van der Waals surface area contributed by atoms with Crippen LogP contribution >= 0.6 is 11.8 Å². The zero-order valence-electron chi connectivity index (χ0n) is 10.6. The fraction of sp³-hybridized carbons (Fsp3) is 0.750. The summed E-state index contributed by atoms with van der Waals surface area (Å²) in [5.74, 6) is 3.17. The lowest BCUT2D eigenvalue weighted by Crippen LogP contribution is -2.26. The molecule has 0 bridgehead atoms. The largest absolute Gasteiger partial charge is 0.350 e. The van der Waals surface area contributed by atoms with E-state index in [2.05, 4.69) is 34.3 Å². The Morgan fingerprint density at radius 3 is 2.47 bits per heavy atom. The smallest absolute Gasteiger partial charge is 0.243 e. The maximum absolute atomic E-state index is 4.56. The molecule has 0 atom stereocenters. The second kappa shape index (κ2) is 6.19. The minimum atomic E-state index is 0.523. The van der Waals surface area contributed by atoms with Gasteiger partial charge >= 0.3 is 0 Å². The molecule has 4 nitrogen and oxygen atoms in total. The van der Waals surface area contributed by atoms with E-state index in [0.717, 1.165) is 24.2 Å². The number of rotatable bonds is 4. The number of aryl methyl sites for hydroxylation is 2. The molecule has 0 aliphatic carbocycles. The predicted octanol–water partition coefficient (Wildman–Crippen LogP) is 2.30. The van der Waals surface area contributed by atoms with Gasteiger partial charge in [-0.1, -0.05) is 13.8 Å². The number of aromatic nitrogens is 3. The average molecular weight is 252 g/mol. The minimum absolute atomic E-state index is 0.523. The fourth-order valence-corrected chi connectivity index (χ4v) is 3.13. The van der Waals surface area contributed by atoms with E-state index in [-0.39, 0.29) is 0 Å². The molecule has 1 fully saturated rings. The van der Waals surface area contributed by atoms with Crippen LogP contribution in [0.1, 0.15) is 38.1 Å². The van der Waals surface area contributed by atoms with Gasteiger partial charge in [-0.05, 0) is 37.2 Å². The minimum Gasteiger partial charge on any atom is -0.350 e. The Labute approximate surface area is 107 Å². The molecule has 1 N–H and O–H groups in total. The van der Waals surface area contributed by atoms with Crippen molar-refractivity contribution in [3.63, 3.8) is 0 Å². The zero-order valence-corrected chi connectivity index (χ0v) is 11.4. The fourth-order valence-electron chi connectivity index (χ4n) is 2.02. The van der Waals surface area contributed by atoms with Crippen LogP contribution in [0.3, 0.4) is 0 Å². The van der Waals surface area contributed by atoms with Crippen molar-refractivity contribution >= 4 is 17.7 Å². The summed E-state index contributed by atoms with van der Waals surface area (Å²) in [4.78, 5) is 4.56. The van der Waals surface area contributed by atoms with Crippen LogP contribution in [0.5, 0.6) is 0 Å². The predicted molar refractivity (Wildman–Crippen MR) is 72.6 cm³/mol. The van der Waals surface area contributed by atoms with Crippen LogP contribution in [0.25, 0.3) is 0 Å². The van der Waals surface area contributed by atoms with E-state index in [9.17, 15) is 0 Å². The molecule has 0 spiro atoms. The summed E-state index contributed by atoms with van der Waals surface area (Å²) in [6.45, 7) is 4.21. The number of thioether (sulfide) groups is 1. The molecule has 2 rings (SSSR count). The monoisotopic (exact) mass is 252 g/mol. The molecule has 1 saturated heterocycles. The summed E-state index contributed by atoms with van der Waals surface area (Å²) >= 11 is 2.03. The molecule has 0 amide bonds. The highest BCUT2D eigenvalue weighted by Crippen LogP contribution is 2.19. The maximum Gasteiger partial charge on any atom is 0.243 e. The lowest BCUT2D eigenvalue weighted by molar-refractivity contribution is 0.653. The molecule has 1 aromatic heterocycles. The van der Waals surface area contributed by atoms with Gasteiger partial charge in [-0.2, -0.15) is 16.9 Å². The van der Waals surface area contributed by atoms with Gasteiger partial charge in [-0.3, -0.25) is 0 Å². The summed E-state index contributed by atoms with van der Waals surface area (Å²) in [7, 11) is 0. The molecule has 1 aliphatic rings. The Morgan fingerprint density at radius 2 is 1.82 bits per heavy atom. The maximum atomic E-state index is 4.56. The molecule has 0 radical (unpaired) electrons. The first-order valence-electron chi connectivity index (χ1n) is 6.40. The van der Waals surface area contributed by atoms with Gasteiger partial charge in [0.1, 0.15) is 0 Å². The van der Waals surface area contributed by atoms with Crippen molar-refractivity contribution in [2.24, 2.45) is 0 Å². The third-order valence-corrected chi connectivity index (χ3v) is 4.11. The van der Waals surface area contributed by atoms with E-state index in [1.165, 1.54) is 24.3 Å². The Bertz CT molecular complexity index is 364. The van der Waals surface area contributed by atoms with Crippen molar-refractivity contribution in [2.75, 3.05) is 16.8 Å². The molecule has 0 aromatic carbocycles. The van der Waals surface area contributed by atoms with E-state index in [1.54, 1.807) is 0 Å². The number of nitrogens with one attached hydrogen (secondary N) is 1. The van der Waals surface area contributed by atoms with Gasteiger partial charge in [0.25, 0.3) is 0 Å². The molecule has 5 heteroatoms. The normalized spacial score (nSPS) is 17.1. The Kier molecular flexibility index (Phi) is 4.59. The molecule has 1 aromatic rings. The highest BCUT2D eigenvalue weighted by molar-refractivity contribution is 7.99. The lowest BCUT2D eigenvalue weighted by atomic mass is 10.1. The van der Waals surface area contributed by atoms with Crippen molar-refractivity contribution in [3.05, 3.63) is 11.4 Å². The summed E-state index contributed by atoms with van der Waals surface area (Å²) < 4.78 is 0. The molecular formula is C12H20N4S. The van der Waals surface area contributed by atoms with E-state index < -0.39 is 0 Å². The summed E-state index contributed by atoms with van der Waals surface area (Å²) in [6.07, 6.45) is 4.23. The SMILES string of the molecule is CCc1nnc(NC2CCSCC2)nc1CC.